The molecule has 94 valence electrons. The summed E-state index contributed by atoms with van der Waals surface area (Å²) in [6, 6.07) is 6.18. The molecule has 17 heavy (non-hydrogen) atoms. The number of rotatable bonds is 5. The highest BCUT2D eigenvalue weighted by atomic mass is 16.1. The number of nitrogens with zero attached hydrogens (tertiary/aromatic N) is 1. The van der Waals surface area contributed by atoms with E-state index in [4.69, 9.17) is 0 Å². The molecule has 1 aromatic rings. The van der Waals surface area contributed by atoms with Gasteiger partial charge >= 0.3 is 0 Å². The van der Waals surface area contributed by atoms with Gasteiger partial charge in [-0.3, -0.25) is 4.79 Å². The third kappa shape index (κ3) is 3.43. The van der Waals surface area contributed by atoms with E-state index in [2.05, 4.69) is 5.32 Å². The molecule has 1 aliphatic carbocycles. The summed E-state index contributed by atoms with van der Waals surface area (Å²) in [6.45, 7) is 3.84. The molecule has 0 saturated heterocycles. The Labute approximate surface area is 103 Å². The maximum Gasteiger partial charge on any atom is 0.250 e. The standard InChI is InChI=1S/C14H22N2O/c1-12-6-4-9-14(17)16(12)11-5-10-15-13-7-2-3-8-13/h4,6,9,13,15H,2-3,5,7-8,10-11H2,1H3. The van der Waals surface area contributed by atoms with Gasteiger partial charge in [0, 0.05) is 24.3 Å². The highest BCUT2D eigenvalue weighted by molar-refractivity contribution is 5.04. The van der Waals surface area contributed by atoms with E-state index < -0.39 is 0 Å². The number of aryl methyl sites for hydroxylation is 1. The largest absolute Gasteiger partial charge is 0.314 e. The van der Waals surface area contributed by atoms with Gasteiger partial charge in [0.05, 0.1) is 0 Å². The Hall–Kier alpha value is -1.09. The van der Waals surface area contributed by atoms with E-state index in [1.54, 1.807) is 6.07 Å². The molecule has 0 unspecified atom stereocenters. The summed E-state index contributed by atoms with van der Waals surface area (Å²) >= 11 is 0. The van der Waals surface area contributed by atoms with Gasteiger partial charge in [-0.2, -0.15) is 0 Å². The zero-order chi connectivity index (χ0) is 12.1. The lowest BCUT2D eigenvalue weighted by Crippen LogP contribution is -2.29. The third-order valence-electron chi connectivity index (χ3n) is 3.61. The van der Waals surface area contributed by atoms with Crippen molar-refractivity contribution in [2.45, 2.75) is 51.6 Å². The monoisotopic (exact) mass is 234 g/mol. The van der Waals surface area contributed by atoms with Gasteiger partial charge in [0.15, 0.2) is 0 Å². The van der Waals surface area contributed by atoms with E-state index in [-0.39, 0.29) is 5.56 Å². The molecule has 1 saturated carbocycles. The summed E-state index contributed by atoms with van der Waals surface area (Å²) in [4.78, 5) is 11.6. The van der Waals surface area contributed by atoms with Crippen LogP contribution in [0.1, 0.15) is 37.8 Å². The highest BCUT2D eigenvalue weighted by Crippen LogP contribution is 2.17. The molecule has 0 radical (unpaired) electrons. The molecule has 0 atom stereocenters. The van der Waals surface area contributed by atoms with Crippen LogP contribution in [0, 0.1) is 6.92 Å². The molecular weight excluding hydrogens is 212 g/mol. The molecule has 0 aliphatic heterocycles. The second kappa shape index (κ2) is 6.01. The average Bonchev–Trinajstić information content (AvgIpc) is 2.80. The molecule has 3 nitrogen and oxygen atoms in total. The van der Waals surface area contributed by atoms with Crippen LogP contribution in [-0.4, -0.2) is 17.2 Å². The van der Waals surface area contributed by atoms with Crippen LogP contribution in [0.4, 0.5) is 0 Å². The third-order valence-corrected chi connectivity index (χ3v) is 3.61. The quantitative estimate of drug-likeness (QED) is 0.791. The zero-order valence-electron chi connectivity index (χ0n) is 10.6. The molecule has 1 aliphatic rings. The van der Waals surface area contributed by atoms with E-state index in [1.165, 1.54) is 25.7 Å². The van der Waals surface area contributed by atoms with Crippen molar-refractivity contribution in [2.24, 2.45) is 0 Å². The molecule has 0 spiro atoms. The Kier molecular flexibility index (Phi) is 4.37. The van der Waals surface area contributed by atoms with Gasteiger partial charge in [-0.15, -0.1) is 0 Å². The lowest BCUT2D eigenvalue weighted by molar-refractivity contribution is 0.490. The van der Waals surface area contributed by atoms with Crippen LogP contribution in [0.5, 0.6) is 0 Å². The van der Waals surface area contributed by atoms with E-state index in [0.29, 0.717) is 0 Å². The summed E-state index contributed by atoms with van der Waals surface area (Å²) in [5.41, 5.74) is 1.17. The topological polar surface area (TPSA) is 34.0 Å². The van der Waals surface area contributed by atoms with Gasteiger partial charge in [-0.25, -0.2) is 0 Å². The van der Waals surface area contributed by atoms with Gasteiger partial charge < -0.3 is 9.88 Å². The predicted octanol–water partition coefficient (Wildman–Crippen LogP) is 2.08. The molecule has 1 fully saturated rings. The zero-order valence-corrected chi connectivity index (χ0v) is 10.6. The molecule has 0 bridgehead atoms. The average molecular weight is 234 g/mol. The predicted molar refractivity (Wildman–Crippen MR) is 70.3 cm³/mol. The van der Waals surface area contributed by atoms with Gasteiger partial charge in [0.2, 0.25) is 0 Å². The minimum atomic E-state index is 0.117. The van der Waals surface area contributed by atoms with Crippen LogP contribution >= 0.6 is 0 Å². The maximum absolute atomic E-state index is 11.6. The van der Waals surface area contributed by atoms with Crippen molar-refractivity contribution in [3.05, 3.63) is 34.2 Å². The van der Waals surface area contributed by atoms with E-state index in [9.17, 15) is 4.79 Å². The molecular formula is C14H22N2O. The van der Waals surface area contributed by atoms with E-state index in [1.807, 2.05) is 23.6 Å². The van der Waals surface area contributed by atoms with Gasteiger partial charge in [-0.05, 0) is 38.8 Å². The van der Waals surface area contributed by atoms with Gasteiger partial charge in [0.1, 0.15) is 0 Å². The first kappa shape index (κ1) is 12.4. The number of hydrogen-bond donors (Lipinski definition) is 1. The fourth-order valence-corrected chi connectivity index (χ4v) is 2.58. The lowest BCUT2D eigenvalue weighted by Gasteiger charge is -2.13. The minimum absolute atomic E-state index is 0.117. The summed E-state index contributed by atoms with van der Waals surface area (Å²) in [7, 11) is 0. The van der Waals surface area contributed by atoms with Crippen molar-refractivity contribution in [3.63, 3.8) is 0 Å². The smallest absolute Gasteiger partial charge is 0.250 e. The first-order valence-corrected chi connectivity index (χ1v) is 6.67. The first-order valence-electron chi connectivity index (χ1n) is 6.67. The van der Waals surface area contributed by atoms with Crippen molar-refractivity contribution in [2.75, 3.05) is 6.54 Å². The van der Waals surface area contributed by atoms with Crippen molar-refractivity contribution < 1.29 is 0 Å². The highest BCUT2D eigenvalue weighted by Gasteiger charge is 2.13. The molecule has 0 aromatic carbocycles. The fourth-order valence-electron chi connectivity index (χ4n) is 2.58. The number of nitrogens with one attached hydrogen (secondary N) is 1. The van der Waals surface area contributed by atoms with Crippen LogP contribution in [0.3, 0.4) is 0 Å². The molecule has 1 N–H and O–H groups in total. The van der Waals surface area contributed by atoms with Crippen LogP contribution in [0.2, 0.25) is 0 Å². The lowest BCUT2D eigenvalue weighted by atomic mass is 10.2. The Morgan fingerprint density at radius 3 is 2.82 bits per heavy atom. The summed E-state index contributed by atoms with van der Waals surface area (Å²) in [5.74, 6) is 0. The molecule has 1 heterocycles. The molecule has 3 heteroatoms. The minimum Gasteiger partial charge on any atom is -0.314 e. The van der Waals surface area contributed by atoms with Crippen LogP contribution < -0.4 is 10.9 Å². The Morgan fingerprint density at radius 2 is 2.12 bits per heavy atom. The number of hydrogen-bond acceptors (Lipinski definition) is 2. The van der Waals surface area contributed by atoms with Crippen molar-refractivity contribution in [1.29, 1.82) is 0 Å². The van der Waals surface area contributed by atoms with Gasteiger partial charge in [-0.1, -0.05) is 18.9 Å². The van der Waals surface area contributed by atoms with Crippen LogP contribution in [0.15, 0.2) is 23.0 Å². The fraction of sp³-hybridized carbons (Fsp3) is 0.643. The van der Waals surface area contributed by atoms with Gasteiger partial charge in [0.25, 0.3) is 5.56 Å². The van der Waals surface area contributed by atoms with E-state index >= 15 is 0 Å². The SMILES string of the molecule is Cc1cccc(=O)n1CCCNC1CCCC1. The van der Waals surface area contributed by atoms with Crippen LogP contribution in [0.25, 0.3) is 0 Å². The van der Waals surface area contributed by atoms with Crippen molar-refractivity contribution in [3.8, 4) is 0 Å². The molecule has 2 rings (SSSR count). The van der Waals surface area contributed by atoms with Crippen molar-refractivity contribution in [1.82, 2.24) is 9.88 Å². The number of pyridine rings is 1. The second-order valence-electron chi connectivity index (χ2n) is 4.95. The van der Waals surface area contributed by atoms with Crippen LogP contribution in [-0.2, 0) is 6.54 Å². The molecule has 0 amide bonds. The summed E-state index contributed by atoms with van der Waals surface area (Å²) < 4.78 is 1.86. The Morgan fingerprint density at radius 1 is 1.35 bits per heavy atom. The van der Waals surface area contributed by atoms with E-state index in [0.717, 1.165) is 31.2 Å². The normalized spacial score (nSPS) is 16.5. The first-order chi connectivity index (χ1) is 8.27. The second-order valence-corrected chi connectivity index (χ2v) is 4.95. The summed E-state index contributed by atoms with van der Waals surface area (Å²) in [6.07, 6.45) is 6.42. The Bertz CT molecular complexity index is 405. The summed E-state index contributed by atoms with van der Waals surface area (Å²) in [5, 5.41) is 3.58. The number of aromatic nitrogens is 1. The Balaban J connectivity index is 1.76. The molecule has 1 aromatic heterocycles. The maximum atomic E-state index is 11.6. The van der Waals surface area contributed by atoms with Crippen molar-refractivity contribution >= 4 is 0 Å².